The smallest absolute Gasteiger partial charge is 0.267 e. The highest BCUT2D eigenvalue weighted by atomic mass is 32.2. The second kappa shape index (κ2) is 10.8. The van der Waals surface area contributed by atoms with Crippen molar-refractivity contribution < 1.29 is 4.79 Å². The standard InChI is InChI=1S/C32H29N3O2S2/c1-20-17-18-21(2)25(19-20)33-29(36)28(22-11-5-3-6-12-22)39-32-34-30-27(24-15-9-10-16-26(24)38-30)31(37)35(32)23-13-7-4-8-14-23/h3-8,11-14,17-19,28H,9-10,15-16H2,1-2H3,(H,33,36)/t28-/m1/s1. The number of aromatic nitrogens is 2. The van der Waals surface area contributed by atoms with Crippen molar-refractivity contribution in [2.75, 3.05) is 5.32 Å². The Balaban J connectivity index is 1.49. The lowest BCUT2D eigenvalue weighted by molar-refractivity contribution is -0.115. The molecular formula is C32H29N3O2S2. The third kappa shape index (κ3) is 5.04. The molecule has 0 saturated carbocycles. The number of thioether (sulfide) groups is 1. The first-order chi connectivity index (χ1) is 19.0. The molecular weight excluding hydrogens is 523 g/mol. The molecule has 0 aliphatic heterocycles. The lowest BCUT2D eigenvalue weighted by Crippen LogP contribution is -2.24. The van der Waals surface area contributed by atoms with Gasteiger partial charge in [0.2, 0.25) is 5.91 Å². The van der Waals surface area contributed by atoms with Gasteiger partial charge in [0, 0.05) is 10.6 Å². The highest BCUT2D eigenvalue weighted by Gasteiger charge is 2.28. The topological polar surface area (TPSA) is 64.0 Å². The summed E-state index contributed by atoms with van der Waals surface area (Å²) in [7, 11) is 0. The number of benzene rings is 3. The summed E-state index contributed by atoms with van der Waals surface area (Å²) in [5.41, 5.74) is 5.56. The lowest BCUT2D eigenvalue weighted by Gasteiger charge is -2.20. The first kappa shape index (κ1) is 25.6. The van der Waals surface area contributed by atoms with E-state index in [-0.39, 0.29) is 11.5 Å². The van der Waals surface area contributed by atoms with Crippen LogP contribution in [0.1, 0.15) is 45.2 Å². The van der Waals surface area contributed by atoms with Crippen molar-refractivity contribution in [2.45, 2.75) is 49.9 Å². The molecule has 3 aromatic carbocycles. The van der Waals surface area contributed by atoms with E-state index in [1.165, 1.54) is 16.6 Å². The number of aryl methyl sites for hydroxylation is 4. The van der Waals surface area contributed by atoms with Crippen molar-refractivity contribution in [2.24, 2.45) is 0 Å². The number of carbonyl (C=O) groups is 1. The summed E-state index contributed by atoms with van der Waals surface area (Å²) >= 11 is 2.95. The van der Waals surface area contributed by atoms with Crippen LogP contribution in [0.3, 0.4) is 0 Å². The van der Waals surface area contributed by atoms with Crippen molar-refractivity contribution in [3.63, 3.8) is 0 Å². The molecule has 0 fully saturated rings. The van der Waals surface area contributed by atoms with Crippen molar-refractivity contribution >= 4 is 44.9 Å². The zero-order valence-electron chi connectivity index (χ0n) is 21.9. The molecule has 2 aromatic heterocycles. The summed E-state index contributed by atoms with van der Waals surface area (Å²) in [6.07, 6.45) is 4.14. The molecule has 5 aromatic rings. The van der Waals surface area contributed by atoms with Crippen LogP contribution < -0.4 is 10.9 Å². The number of carbonyl (C=O) groups excluding carboxylic acids is 1. The van der Waals surface area contributed by atoms with Crippen molar-refractivity contribution in [1.82, 2.24) is 9.55 Å². The van der Waals surface area contributed by atoms with E-state index in [1.807, 2.05) is 92.7 Å². The Morgan fingerprint density at radius 1 is 0.974 bits per heavy atom. The van der Waals surface area contributed by atoms with Crippen LogP contribution in [0, 0.1) is 13.8 Å². The molecule has 1 aliphatic rings. The van der Waals surface area contributed by atoms with Crippen LogP contribution in [0.2, 0.25) is 0 Å². The average Bonchev–Trinajstić information content (AvgIpc) is 3.33. The molecule has 0 saturated heterocycles. The van der Waals surface area contributed by atoms with Gasteiger partial charge in [-0.2, -0.15) is 0 Å². The summed E-state index contributed by atoms with van der Waals surface area (Å²) in [6, 6.07) is 25.4. The number of hydrogen-bond donors (Lipinski definition) is 1. The number of nitrogens with zero attached hydrogens (tertiary/aromatic N) is 2. The zero-order chi connectivity index (χ0) is 26.9. The van der Waals surface area contributed by atoms with Gasteiger partial charge in [0.05, 0.1) is 11.1 Å². The van der Waals surface area contributed by atoms with E-state index in [9.17, 15) is 9.59 Å². The molecule has 1 amide bonds. The van der Waals surface area contributed by atoms with Gasteiger partial charge in [-0.05, 0) is 80.0 Å². The lowest BCUT2D eigenvalue weighted by atomic mass is 9.97. The normalized spacial score (nSPS) is 13.7. The van der Waals surface area contributed by atoms with Gasteiger partial charge in [0.25, 0.3) is 5.56 Å². The highest BCUT2D eigenvalue weighted by Crippen LogP contribution is 2.39. The maximum atomic E-state index is 14.2. The molecule has 1 atom stereocenters. The van der Waals surface area contributed by atoms with Crippen molar-refractivity contribution in [3.05, 3.63) is 116 Å². The minimum absolute atomic E-state index is 0.0603. The summed E-state index contributed by atoms with van der Waals surface area (Å²) in [5, 5.41) is 3.79. The fourth-order valence-corrected chi connectivity index (χ4v) is 7.56. The second-order valence-corrected chi connectivity index (χ2v) is 12.1. The van der Waals surface area contributed by atoms with Gasteiger partial charge in [-0.15, -0.1) is 11.3 Å². The van der Waals surface area contributed by atoms with Gasteiger partial charge in [0.15, 0.2) is 5.16 Å². The Labute approximate surface area is 235 Å². The number of rotatable bonds is 6. The van der Waals surface area contributed by atoms with Gasteiger partial charge in [-0.1, -0.05) is 72.4 Å². The molecule has 7 heteroatoms. The molecule has 0 bridgehead atoms. The Morgan fingerprint density at radius 2 is 1.69 bits per heavy atom. The third-order valence-electron chi connectivity index (χ3n) is 7.19. The number of thiophene rings is 1. The highest BCUT2D eigenvalue weighted by molar-refractivity contribution is 8.00. The number of para-hydroxylation sites is 1. The number of fused-ring (bicyclic) bond motifs is 3. The summed E-state index contributed by atoms with van der Waals surface area (Å²) in [5.74, 6) is -0.153. The Hall–Kier alpha value is -3.68. The largest absolute Gasteiger partial charge is 0.325 e. The van der Waals surface area contributed by atoms with Crippen LogP contribution in [-0.2, 0) is 17.6 Å². The van der Waals surface area contributed by atoms with Gasteiger partial charge in [-0.3, -0.25) is 14.2 Å². The number of nitrogens with one attached hydrogen (secondary N) is 1. The second-order valence-electron chi connectivity index (χ2n) is 9.98. The van der Waals surface area contributed by atoms with Gasteiger partial charge >= 0.3 is 0 Å². The van der Waals surface area contributed by atoms with Crippen LogP contribution in [0.25, 0.3) is 15.9 Å². The van der Waals surface area contributed by atoms with Crippen molar-refractivity contribution in [3.8, 4) is 5.69 Å². The van der Waals surface area contributed by atoms with E-state index in [1.54, 1.807) is 15.9 Å². The molecule has 39 heavy (non-hydrogen) atoms. The third-order valence-corrected chi connectivity index (χ3v) is 9.58. The van der Waals surface area contributed by atoms with Crippen LogP contribution in [0.15, 0.2) is 88.8 Å². The minimum Gasteiger partial charge on any atom is -0.325 e. The van der Waals surface area contributed by atoms with E-state index < -0.39 is 5.25 Å². The van der Waals surface area contributed by atoms with Crippen LogP contribution >= 0.6 is 23.1 Å². The molecule has 0 unspecified atom stereocenters. The first-order valence-electron chi connectivity index (χ1n) is 13.2. The van der Waals surface area contributed by atoms with Crippen molar-refractivity contribution in [1.29, 1.82) is 0 Å². The van der Waals surface area contributed by atoms with Gasteiger partial charge < -0.3 is 5.32 Å². The maximum Gasteiger partial charge on any atom is 0.267 e. The molecule has 0 spiro atoms. The quantitative estimate of drug-likeness (QED) is 0.176. The zero-order valence-corrected chi connectivity index (χ0v) is 23.6. The monoisotopic (exact) mass is 551 g/mol. The maximum absolute atomic E-state index is 14.2. The molecule has 5 nitrogen and oxygen atoms in total. The summed E-state index contributed by atoms with van der Waals surface area (Å²) in [6.45, 7) is 4.00. The molecule has 1 N–H and O–H groups in total. The van der Waals surface area contributed by atoms with Crippen LogP contribution in [-0.4, -0.2) is 15.5 Å². The fraction of sp³-hybridized carbons (Fsp3) is 0.219. The molecule has 0 radical (unpaired) electrons. The van der Waals surface area contributed by atoms with E-state index in [4.69, 9.17) is 4.98 Å². The Morgan fingerprint density at radius 3 is 2.46 bits per heavy atom. The van der Waals surface area contributed by atoms with E-state index in [2.05, 4.69) is 5.32 Å². The molecule has 196 valence electrons. The van der Waals surface area contributed by atoms with E-state index in [0.717, 1.165) is 69.5 Å². The van der Waals surface area contributed by atoms with Crippen LogP contribution in [0.5, 0.6) is 0 Å². The number of hydrogen-bond acceptors (Lipinski definition) is 5. The van der Waals surface area contributed by atoms with Crippen LogP contribution in [0.4, 0.5) is 5.69 Å². The predicted octanol–water partition coefficient (Wildman–Crippen LogP) is 7.41. The van der Waals surface area contributed by atoms with E-state index >= 15 is 0 Å². The summed E-state index contributed by atoms with van der Waals surface area (Å²) < 4.78 is 1.69. The number of anilines is 1. The Kier molecular flexibility index (Phi) is 7.11. The summed E-state index contributed by atoms with van der Waals surface area (Å²) in [4.78, 5) is 35.2. The molecule has 1 aliphatic carbocycles. The predicted molar refractivity (Wildman–Crippen MR) is 161 cm³/mol. The fourth-order valence-electron chi connectivity index (χ4n) is 5.15. The minimum atomic E-state index is -0.611. The average molecular weight is 552 g/mol. The van der Waals surface area contributed by atoms with E-state index in [0.29, 0.717) is 5.16 Å². The molecule has 6 rings (SSSR count). The molecule has 2 heterocycles. The van der Waals surface area contributed by atoms with Gasteiger partial charge in [0.1, 0.15) is 10.1 Å². The Bertz CT molecular complexity index is 1730. The SMILES string of the molecule is Cc1ccc(C)c(NC(=O)[C@H](Sc2nc3sc4c(c3c(=O)n2-c2ccccc2)CCCC4)c2ccccc2)c1. The number of amides is 1. The first-order valence-corrected chi connectivity index (χ1v) is 14.9. The van der Waals surface area contributed by atoms with Gasteiger partial charge in [-0.25, -0.2) is 4.98 Å².